The van der Waals surface area contributed by atoms with E-state index in [1.165, 1.54) is 16.7 Å². The number of hydrogen-bond donors (Lipinski definition) is 0. The molecule has 0 unspecified atom stereocenters. The first-order chi connectivity index (χ1) is 8.54. The molecular weight excluding hydrogens is 218 g/mol. The van der Waals surface area contributed by atoms with Crippen molar-refractivity contribution in [2.45, 2.75) is 39.5 Å². The smallest absolute Gasteiger partial charge is 0.0705 e. The Labute approximate surface area is 110 Å². The summed E-state index contributed by atoms with van der Waals surface area (Å²) in [6, 6.07) is 12.8. The average Bonchev–Trinajstić information content (AvgIpc) is 2.40. The van der Waals surface area contributed by atoms with Crippen molar-refractivity contribution in [3.05, 3.63) is 53.7 Å². The largest absolute Gasteiger partial charge is 0.256 e. The van der Waals surface area contributed by atoms with Crippen LogP contribution in [-0.2, 0) is 5.41 Å². The van der Waals surface area contributed by atoms with Crippen LogP contribution in [0.15, 0.2) is 42.6 Å². The van der Waals surface area contributed by atoms with Gasteiger partial charge in [-0.05, 0) is 36.0 Å². The zero-order chi connectivity index (χ0) is 13.2. The van der Waals surface area contributed by atoms with Gasteiger partial charge in [0.05, 0.1) is 5.69 Å². The van der Waals surface area contributed by atoms with Crippen LogP contribution in [0.25, 0.3) is 11.3 Å². The summed E-state index contributed by atoms with van der Waals surface area (Å²) in [5.74, 6) is 0. The van der Waals surface area contributed by atoms with Gasteiger partial charge in [-0.3, -0.25) is 4.98 Å². The van der Waals surface area contributed by atoms with Crippen molar-refractivity contribution < 1.29 is 0 Å². The predicted octanol–water partition coefficient (Wildman–Crippen LogP) is 4.74. The van der Waals surface area contributed by atoms with Crippen LogP contribution in [-0.4, -0.2) is 4.98 Å². The monoisotopic (exact) mass is 239 g/mol. The number of benzene rings is 1. The van der Waals surface area contributed by atoms with Gasteiger partial charge in [-0.2, -0.15) is 0 Å². The lowest BCUT2D eigenvalue weighted by molar-refractivity contribution is 0.507. The molecule has 0 saturated heterocycles. The van der Waals surface area contributed by atoms with Crippen LogP contribution < -0.4 is 0 Å². The molecule has 1 nitrogen and oxygen atoms in total. The minimum Gasteiger partial charge on any atom is -0.256 e. The predicted molar refractivity (Wildman–Crippen MR) is 77.7 cm³/mol. The summed E-state index contributed by atoms with van der Waals surface area (Å²) >= 11 is 0. The second-order valence-corrected chi connectivity index (χ2v) is 5.50. The van der Waals surface area contributed by atoms with Crippen molar-refractivity contribution in [2.75, 3.05) is 0 Å². The van der Waals surface area contributed by atoms with Gasteiger partial charge in [0.25, 0.3) is 0 Å². The Morgan fingerprint density at radius 2 is 1.78 bits per heavy atom. The van der Waals surface area contributed by atoms with Gasteiger partial charge < -0.3 is 0 Å². The molecule has 94 valence electrons. The maximum Gasteiger partial charge on any atom is 0.0705 e. The van der Waals surface area contributed by atoms with Crippen molar-refractivity contribution in [2.24, 2.45) is 0 Å². The van der Waals surface area contributed by atoms with Crippen molar-refractivity contribution >= 4 is 0 Å². The Kier molecular flexibility index (Phi) is 3.51. The first-order valence-electron chi connectivity index (χ1n) is 6.57. The van der Waals surface area contributed by atoms with E-state index in [-0.39, 0.29) is 5.41 Å². The molecule has 0 aliphatic rings. The van der Waals surface area contributed by atoms with Gasteiger partial charge in [-0.15, -0.1) is 0 Å². The number of aromatic nitrogens is 1. The molecule has 0 fully saturated rings. The standard InChI is InChI=1S/C17H21N/c1-5-17(3,4)15-9-7-6-8-14(15)16-11-10-13(2)12-18-16/h6-12H,5H2,1-4H3. The summed E-state index contributed by atoms with van der Waals surface area (Å²) in [6.45, 7) is 8.89. The van der Waals surface area contributed by atoms with Gasteiger partial charge in [0.1, 0.15) is 0 Å². The third-order valence-electron chi connectivity index (χ3n) is 3.73. The molecule has 1 heterocycles. The van der Waals surface area contributed by atoms with E-state index in [1.54, 1.807) is 0 Å². The maximum absolute atomic E-state index is 4.56. The normalized spacial score (nSPS) is 11.6. The third kappa shape index (κ3) is 2.45. The molecule has 1 aromatic carbocycles. The molecule has 1 aromatic heterocycles. The molecule has 2 rings (SSSR count). The average molecular weight is 239 g/mol. The molecule has 2 aromatic rings. The molecule has 0 aliphatic carbocycles. The van der Waals surface area contributed by atoms with Crippen LogP contribution in [0, 0.1) is 6.92 Å². The highest BCUT2D eigenvalue weighted by Crippen LogP contribution is 2.34. The lowest BCUT2D eigenvalue weighted by Gasteiger charge is -2.26. The minimum absolute atomic E-state index is 0.184. The van der Waals surface area contributed by atoms with Crippen molar-refractivity contribution in [1.82, 2.24) is 4.98 Å². The molecule has 0 bridgehead atoms. The van der Waals surface area contributed by atoms with E-state index in [1.807, 2.05) is 6.20 Å². The Bertz CT molecular complexity index is 524. The quantitative estimate of drug-likeness (QED) is 0.753. The molecular formula is C17H21N. The van der Waals surface area contributed by atoms with E-state index in [0.717, 1.165) is 12.1 Å². The van der Waals surface area contributed by atoms with Crippen molar-refractivity contribution in [3.8, 4) is 11.3 Å². The van der Waals surface area contributed by atoms with Crippen molar-refractivity contribution in [3.63, 3.8) is 0 Å². The van der Waals surface area contributed by atoms with Gasteiger partial charge in [0.2, 0.25) is 0 Å². The third-order valence-corrected chi connectivity index (χ3v) is 3.73. The van der Waals surface area contributed by atoms with E-state index in [0.29, 0.717) is 0 Å². The number of rotatable bonds is 3. The van der Waals surface area contributed by atoms with E-state index in [2.05, 4.69) is 69.1 Å². The molecule has 18 heavy (non-hydrogen) atoms. The summed E-state index contributed by atoms with van der Waals surface area (Å²) in [6.07, 6.45) is 3.06. The molecule has 0 amide bonds. The van der Waals surface area contributed by atoms with Crippen LogP contribution in [0.2, 0.25) is 0 Å². The van der Waals surface area contributed by atoms with Crippen LogP contribution in [0.4, 0.5) is 0 Å². The van der Waals surface area contributed by atoms with Crippen LogP contribution in [0.3, 0.4) is 0 Å². The first-order valence-corrected chi connectivity index (χ1v) is 6.57. The zero-order valence-corrected chi connectivity index (χ0v) is 11.7. The molecule has 0 aliphatic heterocycles. The summed E-state index contributed by atoms with van der Waals surface area (Å²) in [5, 5.41) is 0. The van der Waals surface area contributed by atoms with Gasteiger partial charge in [-0.1, -0.05) is 51.1 Å². The van der Waals surface area contributed by atoms with E-state index in [4.69, 9.17) is 0 Å². The fourth-order valence-corrected chi connectivity index (χ4v) is 2.11. The molecule has 1 heteroatoms. The van der Waals surface area contributed by atoms with Gasteiger partial charge in [0.15, 0.2) is 0 Å². The molecule has 0 atom stereocenters. The fraction of sp³-hybridized carbons (Fsp3) is 0.353. The fourth-order valence-electron chi connectivity index (χ4n) is 2.11. The Morgan fingerprint density at radius 1 is 1.06 bits per heavy atom. The number of nitrogens with zero attached hydrogens (tertiary/aromatic N) is 1. The van der Waals surface area contributed by atoms with E-state index >= 15 is 0 Å². The highest BCUT2D eigenvalue weighted by Gasteiger charge is 2.21. The molecule has 0 spiro atoms. The summed E-state index contributed by atoms with van der Waals surface area (Å²) in [5.41, 5.74) is 5.08. The van der Waals surface area contributed by atoms with Crippen LogP contribution in [0.5, 0.6) is 0 Å². The van der Waals surface area contributed by atoms with Crippen molar-refractivity contribution in [1.29, 1.82) is 0 Å². The van der Waals surface area contributed by atoms with Gasteiger partial charge >= 0.3 is 0 Å². The Balaban J connectivity index is 2.55. The maximum atomic E-state index is 4.56. The van der Waals surface area contributed by atoms with Crippen LogP contribution >= 0.6 is 0 Å². The minimum atomic E-state index is 0.184. The molecule has 0 saturated carbocycles. The number of aryl methyl sites for hydroxylation is 1. The lowest BCUT2D eigenvalue weighted by atomic mass is 9.79. The lowest BCUT2D eigenvalue weighted by Crippen LogP contribution is -2.16. The van der Waals surface area contributed by atoms with Crippen LogP contribution in [0.1, 0.15) is 38.3 Å². The Hall–Kier alpha value is -1.63. The Morgan fingerprint density at radius 3 is 2.39 bits per heavy atom. The van der Waals surface area contributed by atoms with E-state index in [9.17, 15) is 0 Å². The van der Waals surface area contributed by atoms with Gasteiger partial charge in [0, 0.05) is 11.8 Å². The second-order valence-electron chi connectivity index (χ2n) is 5.50. The summed E-state index contributed by atoms with van der Waals surface area (Å²) in [7, 11) is 0. The highest BCUT2D eigenvalue weighted by atomic mass is 14.7. The topological polar surface area (TPSA) is 12.9 Å². The van der Waals surface area contributed by atoms with Gasteiger partial charge in [-0.25, -0.2) is 0 Å². The zero-order valence-electron chi connectivity index (χ0n) is 11.7. The number of pyridine rings is 1. The number of hydrogen-bond acceptors (Lipinski definition) is 1. The molecule has 0 N–H and O–H groups in total. The second kappa shape index (κ2) is 4.93. The first kappa shape index (κ1) is 12.8. The summed E-state index contributed by atoms with van der Waals surface area (Å²) in [4.78, 5) is 4.56. The molecule has 0 radical (unpaired) electrons. The SMILES string of the molecule is CCC(C)(C)c1ccccc1-c1ccc(C)cn1. The summed E-state index contributed by atoms with van der Waals surface area (Å²) < 4.78 is 0. The highest BCUT2D eigenvalue weighted by molar-refractivity contribution is 5.65. The van der Waals surface area contributed by atoms with E-state index < -0.39 is 0 Å².